The minimum absolute atomic E-state index is 0.0639. The molecule has 2 aromatic rings. The Bertz CT molecular complexity index is 846. The normalized spacial score (nSPS) is 14.8. The summed E-state index contributed by atoms with van der Waals surface area (Å²) < 4.78 is 0.667. The van der Waals surface area contributed by atoms with Gasteiger partial charge in [-0.25, -0.2) is 0 Å². The lowest BCUT2D eigenvalue weighted by Crippen LogP contribution is -2.35. The maximum atomic E-state index is 12.7. The second-order valence-electron chi connectivity index (χ2n) is 6.03. The minimum Gasteiger partial charge on any atom is -0.364 e. The van der Waals surface area contributed by atoms with Crippen LogP contribution in [0, 0.1) is 10.1 Å². The van der Waals surface area contributed by atoms with Gasteiger partial charge in [0.25, 0.3) is 11.6 Å². The van der Waals surface area contributed by atoms with Gasteiger partial charge in [0.05, 0.1) is 4.92 Å². The van der Waals surface area contributed by atoms with Crippen LogP contribution < -0.4 is 4.90 Å². The number of nitro groups is 1. The van der Waals surface area contributed by atoms with Crippen molar-refractivity contribution in [1.29, 1.82) is 0 Å². The lowest BCUT2D eigenvalue weighted by Gasteiger charge is -2.23. The zero-order valence-corrected chi connectivity index (χ0v) is 16.2. The molecular weight excluding hydrogens is 422 g/mol. The summed E-state index contributed by atoms with van der Waals surface area (Å²) in [6.07, 6.45) is 0.736. The van der Waals surface area contributed by atoms with Gasteiger partial charge in [-0.05, 0) is 36.8 Å². The summed E-state index contributed by atoms with van der Waals surface area (Å²) in [5.74, 6) is -0.0698. The van der Waals surface area contributed by atoms with Crippen LogP contribution in [-0.2, 0) is 0 Å². The fourth-order valence-electron chi connectivity index (χ4n) is 3.08. The van der Waals surface area contributed by atoms with E-state index in [9.17, 15) is 14.9 Å². The van der Waals surface area contributed by atoms with Gasteiger partial charge in [0.15, 0.2) is 0 Å². The second-order valence-corrected chi connectivity index (χ2v) is 7.39. The first kappa shape index (κ1) is 18.7. The Hall–Kier alpha value is -2.12. The summed E-state index contributed by atoms with van der Waals surface area (Å²) in [6, 6.07) is 11.9. The third-order valence-electron chi connectivity index (χ3n) is 4.33. The van der Waals surface area contributed by atoms with Gasteiger partial charge in [-0.3, -0.25) is 14.9 Å². The number of carbonyl (C=O) groups excluding carboxylic acids is 1. The van der Waals surface area contributed by atoms with Gasteiger partial charge >= 0.3 is 0 Å². The van der Waals surface area contributed by atoms with Crippen molar-refractivity contribution in [2.75, 3.05) is 31.1 Å². The zero-order chi connectivity index (χ0) is 18.7. The molecule has 0 radical (unpaired) electrons. The highest BCUT2D eigenvalue weighted by atomic mass is 79.9. The Kier molecular flexibility index (Phi) is 5.78. The van der Waals surface area contributed by atoms with Gasteiger partial charge in [-0.15, -0.1) is 0 Å². The molecule has 0 aromatic heterocycles. The predicted molar refractivity (Wildman–Crippen MR) is 105 cm³/mol. The SMILES string of the molecule is O=C(c1cccc(Cl)c1)N1CCCN(c2ccc(Br)cc2[N+](=O)[O-])CC1. The number of hydrogen-bond acceptors (Lipinski definition) is 4. The van der Waals surface area contributed by atoms with Gasteiger partial charge in [0.2, 0.25) is 0 Å². The number of hydrogen-bond donors (Lipinski definition) is 0. The Balaban J connectivity index is 1.77. The summed E-state index contributed by atoms with van der Waals surface area (Å²) in [5, 5.41) is 11.9. The van der Waals surface area contributed by atoms with E-state index in [4.69, 9.17) is 11.6 Å². The number of anilines is 1. The Labute approximate surface area is 164 Å². The average molecular weight is 439 g/mol. The molecule has 8 heteroatoms. The van der Waals surface area contributed by atoms with Gasteiger partial charge in [-0.1, -0.05) is 33.6 Å². The largest absolute Gasteiger partial charge is 0.364 e. The number of halogens is 2. The van der Waals surface area contributed by atoms with Crippen molar-refractivity contribution in [3.63, 3.8) is 0 Å². The van der Waals surface area contributed by atoms with E-state index in [1.165, 1.54) is 6.07 Å². The first-order chi connectivity index (χ1) is 12.5. The molecule has 1 heterocycles. The Morgan fingerprint density at radius 2 is 1.92 bits per heavy atom. The van der Waals surface area contributed by atoms with E-state index in [-0.39, 0.29) is 16.5 Å². The van der Waals surface area contributed by atoms with Crippen molar-refractivity contribution >= 4 is 44.8 Å². The fraction of sp³-hybridized carbons (Fsp3) is 0.278. The number of rotatable bonds is 3. The molecule has 136 valence electrons. The molecule has 1 saturated heterocycles. The lowest BCUT2D eigenvalue weighted by atomic mass is 10.2. The highest BCUT2D eigenvalue weighted by Gasteiger charge is 2.24. The maximum Gasteiger partial charge on any atom is 0.293 e. The van der Waals surface area contributed by atoms with E-state index in [1.54, 1.807) is 41.3 Å². The first-order valence-corrected chi connectivity index (χ1v) is 9.36. The number of nitro benzene ring substituents is 1. The summed E-state index contributed by atoms with van der Waals surface area (Å²) in [7, 11) is 0. The van der Waals surface area contributed by atoms with Crippen molar-refractivity contribution in [2.24, 2.45) is 0 Å². The standard InChI is InChI=1S/C18H17BrClN3O3/c19-14-5-6-16(17(12-14)23(25)26)21-7-2-8-22(10-9-21)18(24)13-3-1-4-15(20)11-13/h1,3-6,11-12H,2,7-10H2. The molecule has 0 atom stereocenters. The van der Waals surface area contributed by atoms with E-state index in [2.05, 4.69) is 15.9 Å². The molecule has 0 N–H and O–H groups in total. The van der Waals surface area contributed by atoms with Crippen LogP contribution in [0.25, 0.3) is 0 Å². The van der Waals surface area contributed by atoms with E-state index in [1.807, 2.05) is 4.90 Å². The van der Waals surface area contributed by atoms with Crippen molar-refractivity contribution in [3.8, 4) is 0 Å². The molecule has 0 unspecified atom stereocenters. The van der Waals surface area contributed by atoms with Crippen LogP contribution in [-0.4, -0.2) is 41.9 Å². The van der Waals surface area contributed by atoms with Gasteiger partial charge < -0.3 is 9.80 Å². The molecule has 1 fully saturated rings. The summed E-state index contributed by atoms with van der Waals surface area (Å²) in [5.41, 5.74) is 1.20. The number of benzene rings is 2. The Morgan fingerprint density at radius 3 is 2.65 bits per heavy atom. The van der Waals surface area contributed by atoms with E-state index >= 15 is 0 Å². The van der Waals surface area contributed by atoms with Crippen LogP contribution in [0.2, 0.25) is 5.02 Å². The van der Waals surface area contributed by atoms with Crippen LogP contribution in [0.4, 0.5) is 11.4 Å². The van der Waals surface area contributed by atoms with Gasteiger partial charge in [-0.2, -0.15) is 0 Å². The van der Waals surface area contributed by atoms with Crippen LogP contribution in [0.3, 0.4) is 0 Å². The first-order valence-electron chi connectivity index (χ1n) is 8.19. The molecule has 6 nitrogen and oxygen atoms in total. The summed E-state index contributed by atoms with van der Waals surface area (Å²) >= 11 is 9.25. The topological polar surface area (TPSA) is 66.7 Å². The quantitative estimate of drug-likeness (QED) is 0.527. The van der Waals surface area contributed by atoms with Crippen molar-refractivity contribution < 1.29 is 9.72 Å². The monoisotopic (exact) mass is 437 g/mol. The van der Waals surface area contributed by atoms with Crippen LogP contribution in [0.1, 0.15) is 16.8 Å². The van der Waals surface area contributed by atoms with Gasteiger partial charge in [0, 0.05) is 47.3 Å². The van der Waals surface area contributed by atoms with E-state index in [0.717, 1.165) is 6.42 Å². The van der Waals surface area contributed by atoms with Gasteiger partial charge in [0.1, 0.15) is 5.69 Å². The summed E-state index contributed by atoms with van der Waals surface area (Å²) in [4.78, 5) is 27.4. The number of nitrogens with zero attached hydrogens (tertiary/aromatic N) is 3. The third-order valence-corrected chi connectivity index (χ3v) is 5.06. The molecule has 0 bridgehead atoms. The number of carbonyl (C=O) groups is 1. The highest BCUT2D eigenvalue weighted by Crippen LogP contribution is 2.32. The molecule has 0 saturated carbocycles. The van der Waals surface area contributed by atoms with E-state index in [0.29, 0.717) is 46.9 Å². The second kappa shape index (κ2) is 8.05. The highest BCUT2D eigenvalue weighted by molar-refractivity contribution is 9.10. The summed E-state index contributed by atoms with van der Waals surface area (Å²) in [6.45, 7) is 2.29. The zero-order valence-electron chi connectivity index (χ0n) is 13.9. The van der Waals surface area contributed by atoms with Crippen LogP contribution in [0.5, 0.6) is 0 Å². The third kappa shape index (κ3) is 4.16. The Morgan fingerprint density at radius 1 is 1.12 bits per heavy atom. The molecule has 0 spiro atoms. The fourth-order valence-corrected chi connectivity index (χ4v) is 3.62. The molecule has 1 aliphatic heterocycles. The molecule has 0 aliphatic carbocycles. The van der Waals surface area contributed by atoms with Crippen molar-refractivity contribution in [3.05, 3.63) is 67.6 Å². The molecule has 3 rings (SSSR count). The molecule has 1 aliphatic rings. The van der Waals surface area contributed by atoms with E-state index < -0.39 is 0 Å². The van der Waals surface area contributed by atoms with Crippen molar-refractivity contribution in [2.45, 2.75) is 6.42 Å². The molecule has 26 heavy (non-hydrogen) atoms. The average Bonchev–Trinajstić information content (AvgIpc) is 2.87. The molecule has 2 aromatic carbocycles. The van der Waals surface area contributed by atoms with Crippen LogP contribution >= 0.6 is 27.5 Å². The van der Waals surface area contributed by atoms with Crippen molar-refractivity contribution in [1.82, 2.24) is 4.90 Å². The number of amides is 1. The smallest absolute Gasteiger partial charge is 0.293 e. The minimum atomic E-state index is -0.375. The molecular formula is C18H17BrClN3O3. The van der Waals surface area contributed by atoms with Crippen LogP contribution in [0.15, 0.2) is 46.9 Å². The lowest BCUT2D eigenvalue weighted by molar-refractivity contribution is -0.384. The predicted octanol–water partition coefficient (Wildman–Crippen LogP) is 4.36. The maximum absolute atomic E-state index is 12.7. The molecule has 1 amide bonds.